The van der Waals surface area contributed by atoms with Crippen molar-refractivity contribution in [1.29, 1.82) is 0 Å². The Balaban J connectivity index is 2.16. The van der Waals surface area contributed by atoms with E-state index in [0.29, 0.717) is 5.92 Å². The summed E-state index contributed by atoms with van der Waals surface area (Å²) < 4.78 is 13.4. The van der Waals surface area contributed by atoms with E-state index in [4.69, 9.17) is 0 Å². The van der Waals surface area contributed by atoms with Crippen molar-refractivity contribution >= 4 is 0 Å². The van der Waals surface area contributed by atoms with E-state index in [2.05, 4.69) is 24.4 Å². The Hall–Kier alpha value is -1.67. The van der Waals surface area contributed by atoms with Crippen LogP contribution in [0.15, 0.2) is 54.6 Å². The van der Waals surface area contributed by atoms with Crippen LogP contribution in [-0.4, -0.2) is 13.1 Å². The van der Waals surface area contributed by atoms with Gasteiger partial charge in [-0.15, -0.1) is 0 Å². The highest BCUT2D eigenvalue weighted by atomic mass is 19.1. The average molecular weight is 257 g/mol. The van der Waals surface area contributed by atoms with Crippen molar-refractivity contribution in [3.8, 4) is 0 Å². The standard InChI is InChI=1S/C17H20FN/c1-2-19-13-16(11-14-7-4-3-5-8-14)15-9-6-10-17(18)12-15/h3-10,12,16,19H,2,11,13H2,1H3. The normalized spacial score (nSPS) is 12.3. The molecule has 0 aromatic heterocycles. The van der Waals surface area contributed by atoms with Gasteiger partial charge in [-0.05, 0) is 36.2 Å². The summed E-state index contributed by atoms with van der Waals surface area (Å²) in [5.41, 5.74) is 2.35. The maximum atomic E-state index is 13.4. The third-order valence-corrected chi connectivity index (χ3v) is 3.29. The summed E-state index contributed by atoms with van der Waals surface area (Å²) in [5, 5.41) is 3.36. The highest BCUT2D eigenvalue weighted by Gasteiger charge is 2.12. The monoisotopic (exact) mass is 257 g/mol. The largest absolute Gasteiger partial charge is 0.316 e. The molecule has 0 aliphatic heterocycles. The minimum Gasteiger partial charge on any atom is -0.316 e. The van der Waals surface area contributed by atoms with Crippen LogP contribution in [0.3, 0.4) is 0 Å². The van der Waals surface area contributed by atoms with Gasteiger partial charge in [0.05, 0.1) is 0 Å². The summed E-state index contributed by atoms with van der Waals surface area (Å²) >= 11 is 0. The van der Waals surface area contributed by atoms with Crippen molar-refractivity contribution in [2.75, 3.05) is 13.1 Å². The lowest BCUT2D eigenvalue weighted by Crippen LogP contribution is -2.22. The summed E-state index contributed by atoms with van der Waals surface area (Å²) in [6, 6.07) is 17.3. The predicted octanol–water partition coefficient (Wildman–Crippen LogP) is 3.76. The molecule has 1 atom stereocenters. The second-order valence-electron chi connectivity index (χ2n) is 4.75. The van der Waals surface area contributed by atoms with Crippen molar-refractivity contribution in [3.63, 3.8) is 0 Å². The molecule has 0 radical (unpaired) electrons. The third-order valence-electron chi connectivity index (χ3n) is 3.29. The first-order valence-electron chi connectivity index (χ1n) is 6.79. The number of benzene rings is 2. The molecular weight excluding hydrogens is 237 g/mol. The molecule has 0 aliphatic carbocycles. The van der Waals surface area contributed by atoms with Gasteiger partial charge in [0.1, 0.15) is 5.82 Å². The molecule has 0 saturated carbocycles. The molecular formula is C17H20FN. The van der Waals surface area contributed by atoms with Crippen molar-refractivity contribution in [3.05, 3.63) is 71.5 Å². The van der Waals surface area contributed by atoms with Gasteiger partial charge in [0, 0.05) is 12.5 Å². The van der Waals surface area contributed by atoms with Crippen LogP contribution >= 0.6 is 0 Å². The molecule has 0 spiro atoms. The second kappa shape index (κ2) is 7.05. The first kappa shape index (κ1) is 13.8. The van der Waals surface area contributed by atoms with Gasteiger partial charge < -0.3 is 5.32 Å². The van der Waals surface area contributed by atoms with Gasteiger partial charge in [-0.2, -0.15) is 0 Å². The molecule has 2 aromatic carbocycles. The number of hydrogen-bond donors (Lipinski definition) is 1. The highest BCUT2D eigenvalue weighted by molar-refractivity contribution is 5.25. The van der Waals surface area contributed by atoms with Gasteiger partial charge in [0.15, 0.2) is 0 Å². The molecule has 0 saturated heterocycles. The Morgan fingerprint density at radius 2 is 1.84 bits per heavy atom. The van der Waals surface area contributed by atoms with Gasteiger partial charge >= 0.3 is 0 Å². The van der Waals surface area contributed by atoms with E-state index >= 15 is 0 Å². The maximum absolute atomic E-state index is 13.4. The molecule has 1 nitrogen and oxygen atoms in total. The molecule has 2 heteroatoms. The summed E-state index contributed by atoms with van der Waals surface area (Å²) in [5.74, 6) is 0.144. The first-order chi connectivity index (χ1) is 9.29. The van der Waals surface area contributed by atoms with E-state index in [1.807, 2.05) is 24.3 Å². The van der Waals surface area contributed by atoms with Crippen molar-refractivity contribution in [2.45, 2.75) is 19.3 Å². The van der Waals surface area contributed by atoms with E-state index in [1.165, 1.54) is 11.6 Å². The van der Waals surface area contributed by atoms with Crippen LogP contribution in [0.4, 0.5) is 4.39 Å². The van der Waals surface area contributed by atoms with E-state index in [1.54, 1.807) is 12.1 Å². The van der Waals surface area contributed by atoms with Crippen LogP contribution in [0.2, 0.25) is 0 Å². The van der Waals surface area contributed by atoms with Crippen molar-refractivity contribution < 1.29 is 4.39 Å². The van der Waals surface area contributed by atoms with Crippen LogP contribution in [-0.2, 0) is 6.42 Å². The number of halogens is 1. The summed E-state index contributed by atoms with van der Waals surface area (Å²) in [4.78, 5) is 0. The van der Waals surface area contributed by atoms with E-state index in [9.17, 15) is 4.39 Å². The lowest BCUT2D eigenvalue weighted by molar-refractivity contribution is 0.583. The zero-order valence-electron chi connectivity index (χ0n) is 11.3. The number of hydrogen-bond acceptors (Lipinski definition) is 1. The molecule has 0 bridgehead atoms. The minimum atomic E-state index is -0.160. The Kier molecular flexibility index (Phi) is 5.10. The zero-order valence-corrected chi connectivity index (χ0v) is 11.3. The smallest absolute Gasteiger partial charge is 0.123 e. The predicted molar refractivity (Wildman–Crippen MR) is 77.8 cm³/mol. The molecule has 2 rings (SSSR count). The van der Waals surface area contributed by atoms with Gasteiger partial charge in [-0.1, -0.05) is 49.4 Å². The third kappa shape index (κ3) is 4.18. The Morgan fingerprint density at radius 3 is 2.53 bits per heavy atom. The molecule has 0 heterocycles. The first-order valence-corrected chi connectivity index (χ1v) is 6.79. The Labute approximate surface area is 114 Å². The fourth-order valence-corrected chi connectivity index (χ4v) is 2.29. The van der Waals surface area contributed by atoms with Crippen LogP contribution in [0.5, 0.6) is 0 Å². The summed E-state index contributed by atoms with van der Waals surface area (Å²) in [7, 11) is 0. The Morgan fingerprint density at radius 1 is 1.05 bits per heavy atom. The molecule has 0 amide bonds. The molecule has 1 N–H and O–H groups in total. The topological polar surface area (TPSA) is 12.0 Å². The lowest BCUT2D eigenvalue weighted by Gasteiger charge is -2.18. The van der Waals surface area contributed by atoms with Gasteiger partial charge in [0.2, 0.25) is 0 Å². The van der Waals surface area contributed by atoms with E-state index in [0.717, 1.165) is 25.1 Å². The number of rotatable bonds is 6. The van der Waals surface area contributed by atoms with Crippen LogP contribution in [0.1, 0.15) is 24.0 Å². The molecule has 0 fully saturated rings. The highest BCUT2D eigenvalue weighted by Crippen LogP contribution is 2.21. The molecule has 19 heavy (non-hydrogen) atoms. The Bertz CT molecular complexity index is 496. The molecule has 0 aliphatic rings. The van der Waals surface area contributed by atoms with Crippen molar-refractivity contribution in [2.24, 2.45) is 0 Å². The van der Waals surface area contributed by atoms with E-state index < -0.39 is 0 Å². The van der Waals surface area contributed by atoms with E-state index in [-0.39, 0.29) is 5.82 Å². The zero-order chi connectivity index (χ0) is 13.5. The molecule has 2 aromatic rings. The summed E-state index contributed by atoms with van der Waals surface area (Å²) in [6.45, 7) is 3.89. The number of nitrogens with one attached hydrogen (secondary N) is 1. The van der Waals surface area contributed by atoms with Gasteiger partial charge in [-0.25, -0.2) is 4.39 Å². The number of likely N-dealkylation sites (N-methyl/N-ethyl adjacent to an activating group) is 1. The van der Waals surface area contributed by atoms with Crippen LogP contribution in [0.25, 0.3) is 0 Å². The fourth-order valence-electron chi connectivity index (χ4n) is 2.29. The fraction of sp³-hybridized carbons (Fsp3) is 0.294. The maximum Gasteiger partial charge on any atom is 0.123 e. The van der Waals surface area contributed by atoms with Crippen LogP contribution < -0.4 is 5.32 Å². The molecule has 1 unspecified atom stereocenters. The minimum absolute atomic E-state index is 0.160. The summed E-state index contributed by atoms with van der Waals surface area (Å²) in [6.07, 6.45) is 0.928. The SMILES string of the molecule is CCNCC(Cc1ccccc1)c1cccc(F)c1. The lowest BCUT2D eigenvalue weighted by atomic mass is 9.92. The van der Waals surface area contributed by atoms with Crippen molar-refractivity contribution in [1.82, 2.24) is 5.32 Å². The second-order valence-corrected chi connectivity index (χ2v) is 4.75. The van der Waals surface area contributed by atoms with Crippen LogP contribution in [0, 0.1) is 5.82 Å². The van der Waals surface area contributed by atoms with Gasteiger partial charge in [-0.3, -0.25) is 0 Å². The quantitative estimate of drug-likeness (QED) is 0.830. The molecule has 100 valence electrons. The average Bonchev–Trinajstić information content (AvgIpc) is 2.44. The van der Waals surface area contributed by atoms with Gasteiger partial charge in [0.25, 0.3) is 0 Å².